The fraction of sp³-hybridized carbons (Fsp3) is 0.588. The summed E-state index contributed by atoms with van der Waals surface area (Å²) in [4.78, 5) is 13.9. The van der Waals surface area contributed by atoms with E-state index in [-0.39, 0.29) is 18.2 Å². The zero-order valence-corrected chi connectivity index (χ0v) is 13.7. The molecule has 6 nitrogen and oxygen atoms in total. The minimum absolute atomic E-state index is 0.189. The predicted octanol–water partition coefficient (Wildman–Crippen LogP) is 1.05. The normalized spacial score (nSPS) is 19.3. The van der Waals surface area contributed by atoms with E-state index in [9.17, 15) is 9.90 Å². The fourth-order valence-electron chi connectivity index (χ4n) is 2.62. The van der Waals surface area contributed by atoms with Crippen LogP contribution in [-0.2, 0) is 14.3 Å². The summed E-state index contributed by atoms with van der Waals surface area (Å²) in [5, 5.41) is 10.4. The molecule has 0 aliphatic carbocycles. The number of rotatable bonds is 7. The van der Waals surface area contributed by atoms with Crippen LogP contribution >= 0.6 is 0 Å². The second kappa shape index (κ2) is 8.40. The molecule has 2 rings (SSSR count). The van der Waals surface area contributed by atoms with Gasteiger partial charge in [0.05, 0.1) is 31.4 Å². The molecule has 23 heavy (non-hydrogen) atoms. The molecule has 3 atom stereocenters. The number of aliphatic hydroxyl groups is 1. The zero-order valence-electron chi connectivity index (χ0n) is 13.7. The predicted molar refractivity (Wildman–Crippen MR) is 86.5 cm³/mol. The molecule has 1 aliphatic rings. The number of likely N-dealkylation sites (N-methyl/N-ethyl adjacent to an activating group) is 1. The molecular formula is C17H26N2O4. The smallest absolute Gasteiger partial charge is 0.239 e. The topological polar surface area (TPSA) is 85.0 Å². The van der Waals surface area contributed by atoms with Crippen molar-refractivity contribution in [1.82, 2.24) is 4.90 Å². The van der Waals surface area contributed by atoms with Gasteiger partial charge in [-0.2, -0.15) is 0 Å². The Morgan fingerprint density at radius 1 is 1.35 bits per heavy atom. The molecule has 6 heteroatoms. The molecule has 128 valence electrons. The highest BCUT2D eigenvalue weighted by Gasteiger charge is 2.28. The van der Waals surface area contributed by atoms with Crippen LogP contribution in [0.2, 0.25) is 0 Å². The van der Waals surface area contributed by atoms with E-state index in [4.69, 9.17) is 15.2 Å². The van der Waals surface area contributed by atoms with Gasteiger partial charge in [0.25, 0.3) is 0 Å². The number of amides is 1. The van der Waals surface area contributed by atoms with E-state index in [0.29, 0.717) is 26.1 Å². The van der Waals surface area contributed by atoms with Crippen LogP contribution < -0.4 is 5.73 Å². The maximum absolute atomic E-state index is 12.4. The highest BCUT2D eigenvalue weighted by atomic mass is 16.7. The van der Waals surface area contributed by atoms with Crippen molar-refractivity contribution >= 4 is 5.91 Å². The van der Waals surface area contributed by atoms with Crippen molar-refractivity contribution in [3.05, 3.63) is 35.9 Å². The molecular weight excluding hydrogens is 296 g/mol. The van der Waals surface area contributed by atoms with Crippen LogP contribution in [0.3, 0.4) is 0 Å². The molecule has 0 unspecified atom stereocenters. The third kappa shape index (κ3) is 4.75. The van der Waals surface area contributed by atoms with Gasteiger partial charge in [-0.15, -0.1) is 0 Å². The lowest BCUT2D eigenvalue weighted by molar-refractivity contribution is -0.136. The Kier molecular flexibility index (Phi) is 6.53. The summed E-state index contributed by atoms with van der Waals surface area (Å²) in [6.45, 7) is 2.99. The van der Waals surface area contributed by atoms with Gasteiger partial charge >= 0.3 is 0 Å². The van der Waals surface area contributed by atoms with Gasteiger partial charge < -0.3 is 25.2 Å². The van der Waals surface area contributed by atoms with Crippen molar-refractivity contribution in [2.75, 3.05) is 20.3 Å². The number of hydrogen-bond acceptors (Lipinski definition) is 5. The van der Waals surface area contributed by atoms with Crippen LogP contribution in [0.1, 0.15) is 31.4 Å². The molecule has 0 saturated carbocycles. The van der Waals surface area contributed by atoms with Crippen molar-refractivity contribution in [1.29, 1.82) is 0 Å². The Balaban J connectivity index is 1.87. The van der Waals surface area contributed by atoms with E-state index in [1.807, 2.05) is 37.3 Å². The molecule has 1 aromatic rings. The van der Waals surface area contributed by atoms with Gasteiger partial charge in [-0.05, 0) is 18.9 Å². The maximum Gasteiger partial charge on any atom is 0.239 e. The molecule has 1 fully saturated rings. The highest BCUT2D eigenvalue weighted by Crippen LogP contribution is 2.21. The van der Waals surface area contributed by atoms with E-state index in [1.54, 1.807) is 7.05 Å². The standard InChI is InChI=1S/C17H26N2O4/c1-12(16(20)13-6-4-3-5-7-13)19(2)17(21)14(18)8-9-15-22-10-11-23-15/h3-7,12,14-16,20H,8-11,18H2,1-2H3/t12-,14+,16+/m1/s1. The molecule has 0 spiro atoms. The van der Waals surface area contributed by atoms with Crippen molar-refractivity contribution < 1.29 is 19.4 Å². The second-order valence-electron chi connectivity index (χ2n) is 5.90. The SMILES string of the molecule is C[C@H]([C@H](O)c1ccccc1)N(C)C(=O)[C@@H](N)CCC1OCCO1. The third-order valence-corrected chi connectivity index (χ3v) is 4.28. The number of carbonyl (C=O) groups is 1. The molecule has 0 aromatic heterocycles. The Bertz CT molecular complexity index is 491. The van der Waals surface area contributed by atoms with Crippen molar-refractivity contribution in [3.8, 4) is 0 Å². The Morgan fingerprint density at radius 3 is 2.57 bits per heavy atom. The van der Waals surface area contributed by atoms with E-state index in [2.05, 4.69) is 0 Å². The van der Waals surface area contributed by atoms with Crippen molar-refractivity contribution in [3.63, 3.8) is 0 Å². The lowest BCUT2D eigenvalue weighted by Gasteiger charge is -2.31. The van der Waals surface area contributed by atoms with Crippen LogP contribution in [0.4, 0.5) is 0 Å². The van der Waals surface area contributed by atoms with Gasteiger partial charge in [0.1, 0.15) is 0 Å². The second-order valence-corrected chi connectivity index (χ2v) is 5.90. The zero-order chi connectivity index (χ0) is 16.8. The largest absolute Gasteiger partial charge is 0.386 e. The van der Waals surface area contributed by atoms with E-state index in [0.717, 1.165) is 5.56 Å². The average Bonchev–Trinajstić information content (AvgIpc) is 3.11. The number of hydrogen-bond donors (Lipinski definition) is 2. The third-order valence-electron chi connectivity index (χ3n) is 4.28. The maximum atomic E-state index is 12.4. The van der Waals surface area contributed by atoms with Gasteiger partial charge in [0.15, 0.2) is 6.29 Å². The molecule has 1 heterocycles. The lowest BCUT2D eigenvalue weighted by atomic mass is 10.0. The van der Waals surface area contributed by atoms with Crippen LogP contribution in [-0.4, -0.2) is 54.5 Å². The van der Waals surface area contributed by atoms with Gasteiger partial charge in [-0.1, -0.05) is 30.3 Å². The number of aliphatic hydroxyl groups excluding tert-OH is 1. The van der Waals surface area contributed by atoms with Crippen molar-refractivity contribution in [2.45, 2.75) is 44.2 Å². The first-order valence-electron chi connectivity index (χ1n) is 7.99. The van der Waals surface area contributed by atoms with Crippen LogP contribution in [0.25, 0.3) is 0 Å². The number of carbonyl (C=O) groups excluding carboxylic acids is 1. The quantitative estimate of drug-likeness (QED) is 0.784. The first-order valence-corrected chi connectivity index (χ1v) is 7.99. The Hall–Kier alpha value is -1.47. The summed E-state index contributed by atoms with van der Waals surface area (Å²) < 4.78 is 10.7. The number of ether oxygens (including phenoxy) is 2. The Labute approximate surface area is 137 Å². The van der Waals surface area contributed by atoms with Crippen LogP contribution in [0.15, 0.2) is 30.3 Å². The monoisotopic (exact) mass is 322 g/mol. The Morgan fingerprint density at radius 2 is 1.96 bits per heavy atom. The molecule has 1 aromatic carbocycles. The van der Waals surface area contributed by atoms with E-state index < -0.39 is 12.1 Å². The number of benzene rings is 1. The van der Waals surface area contributed by atoms with E-state index in [1.165, 1.54) is 4.90 Å². The summed E-state index contributed by atoms with van der Waals surface area (Å²) in [6, 6.07) is 8.30. The molecule has 1 amide bonds. The number of nitrogens with two attached hydrogens (primary N) is 1. The number of nitrogens with zero attached hydrogens (tertiary/aromatic N) is 1. The highest BCUT2D eigenvalue weighted by molar-refractivity contribution is 5.81. The first-order chi connectivity index (χ1) is 11.0. The molecule has 3 N–H and O–H groups in total. The van der Waals surface area contributed by atoms with Gasteiger partial charge in [0, 0.05) is 13.5 Å². The van der Waals surface area contributed by atoms with Crippen LogP contribution in [0.5, 0.6) is 0 Å². The molecule has 0 radical (unpaired) electrons. The fourth-order valence-corrected chi connectivity index (χ4v) is 2.62. The summed E-state index contributed by atoms with van der Waals surface area (Å²) in [5.74, 6) is -0.189. The molecule has 0 bridgehead atoms. The molecule has 1 aliphatic heterocycles. The van der Waals surface area contributed by atoms with Gasteiger partial charge in [-0.25, -0.2) is 0 Å². The summed E-state index contributed by atoms with van der Waals surface area (Å²) in [5.41, 5.74) is 6.77. The molecule has 1 saturated heterocycles. The van der Waals surface area contributed by atoms with E-state index >= 15 is 0 Å². The summed E-state index contributed by atoms with van der Waals surface area (Å²) >= 11 is 0. The van der Waals surface area contributed by atoms with Gasteiger partial charge in [0.2, 0.25) is 5.91 Å². The first kappa shape index (κ1) is 17.9. The minimum Gasteiger partial charge on any atom is -0.386 e. The lowest BCUT2D eigenvalue weighted by Crippen LogP contribution is -2.47. The summed E-state index contributed by atoms with van der Waals surface area (Å²) in [6.07, 6.45) is 0.0728. The average molecular weight is 322 g/mol. The summed E-state index contributed by atoms with van der Waals surface area (Å²) in [7, 11) is 1.67. The van der Waals surface area contributed by atoms with Gasteiger partial charge in [-0.3, -0.25) is 4.79 Å². The minimum atomic E-state index is -0.751. The van der Waals surface area contributed by atoms with Crippen LogP contribution in [0, 0.1) is 0 Å². The van der Waals surface area contributed by atoms with Crippen molar-refractivity contribution in [2.24, 2.45) is 5.73 Å².